The van der Waals surface area contributed by atoms with Gasteiger partial charge in [0, 0.05) is 31.4 Å². The van der Waals surface area contributed by atoms with Gasteiger partial charge in [0.1, 0.15) is 11.5 Å². The van der Waals surface area contributed by atoms with E-state index in [4.69, 9.17) is 4.98 Å². The Morgan fingerprint density at radius 3 is 3.05 bits per heavy atom. The summed E-state index contributed by atoms with van der Waals surface area (Å²) in [5.74, 6) is 0.940. The van der Waals surface area contributed by atoms with Crippen molar-refractivity contribution in [2.24, 2.45) is 0 Å². The van der Waals surface area contributed by atoms with Gasteiger partial charge in [0.05, 0.1) is 17.3 Å². The Labute approximate surface area is 127 Å². The summed E-state index contributed by atoms with van der Waals surface area (Å²) < 4.78 is 0. The highest BCUT2D eigenvalue weighted by molar-refractivity contribution is 7.13. The zero-order valence-corrected chi connectivity index (χ0v) is 12.3. The number of thiophene rings is 1. The quantitative estimate of drug-likeness (QED) is 0.728. The molecule has 0 spiro atoms. The Hall–Kier alpha value is -2.27. The second kappa shape index (κ2) is 5.26. The fourth-order valence-electron chi connectivity index (χ4n) is 2.61. The van der Waals surface area contributed by atoms with Gasteiger partial charge in [-0.3, -0.25) is 9.97 Å². The summed E-state index contributed by atoms with van der Waals surface area (Å²) in [6.07, 6.45) is 6.50. The topological polar surface area (TPSA) is 41.9 Å². The highest BCUT2D eigenvalue weighted by atomic mass is 32.1. The predicted molar refractivity (Wildman–Crippen MR) is 84.3 cm³/mol. The fraction of sp³-hybridized carbons (Fsp3) is 0.188. The van der Waals surface area contributed by atoms with E-state index in [1.165, 1.54) is 11.3 Å². The van der Waals surface area contributed by atoms with Crippen molar-refractivity contribution in [1.29, 1.82) is 0 Å². The van der Waals surface area contributed by atoms with Crippen molar-refractivity contribution in [3.8, 4) is 10.6 Å². The highest BCUT2D eigenvalue weighted by Crippen LogP contribution is 2.26. The molecule has 0 N–H and O–H groups in total. The molecule has 21 heavy (non-hydrogen) atoms. The first kappa shape index (κ1) is 12.5. The fourth-order valence-corrected chi connectivity index (χ4v) is 3.29. The molecule has 0 fully saturated rings. The Kier molecular flexibility index (Phi) is 3.12. The van der Waals surface area contributed by atoms with Gasteiger partial charge in [-0.2, -0.15) is 0 Å². The number of aromatic nitrogens is 3. The minimum Gasteiger partial charge on any atom is -0.351 e. The van der Waals surface area contributed by atoms with Crippen molar-refractivity contribution in [3.63, 3.8) is 0 Å². The van der Waals surface area contributed by atoms with Crippen molar-refractivity contribution in [3.05, 3.63) is 59.5 Å². The number of fused-ring (bicyclic) bond motifs is 1. The SMILES string of the molecule is c1csc(-c2cncc(N3CCc4ncccc4C3)n2)c1. The molecule has 0 amide bonds. The van der Waals surface area contributed by atoms with Crippen molar-refractivity contribution in [2.75, 3.05) is 11.4 Å². The predicted octanol–water partition coefficient (Wildman–Crippen LogP) is 3.16. The normalized spacial score (nSPS) is 14.0. The van der Waals surface area contributed by atoms with Crippen LogP contribution in [0.25, 0.3) is 10.6 Å². The lowest BCUT2D eigenvalue weighted by Crippen LogP contribution is -2.31. The standard InChI is InChI=1S/C16H14N4S/c1-3-12-11-20(7-5-13(12)18-6-1)16-10-17-9-14(19-16)15-4-2-8-21-15/h1-4,6,8-10H,5,7,11H2. The lowest BCUT2D eigenvalue weighted by molar-refractivity contribution is 0.701. The van der Waals surface area contributed by atoms with Gasteiger partial charge in [0.15, 0.2) is 0 Å². The van der Waals surface area contributed by atoms with E-state index in [9.17, 15) is 0 Å². The minimum absolute atomic E-state index is 0.853. The van der Waals surface area contributed by atoms with Gasteiger partial charge in [0.2, 0.25) is 0 Å². The molecule has 104 valence electrons. The number of pyridine rings is 1. The molecular formula is C16H14N4S. The van der Waals surface area contributed by atoms with E-state index < -0.39 is 0 Å². The lowest BCUT2D eigenvalue weighted by Gasteiger charge is -2.28. The van der Waals surface area contributed by atoms with Crippen LogP contribution >= 0.6 is 11.3 Å². The van der Waals surface area contributed by atoms with Crippen LogP contribution < -0.4 is 4.90 Å². The van der Waals surface area contributed by atoms with Gasteiger partial charge >= 0.3 is 0 Å². The van der Waals surface area contributed by atoms with E-state index >= 15 is 0 Å². The van der Waals surface area contributed by atoms with Gasteiger partial charge < -0.3 is 4.90 Å². The van der Waals surface area contributed by atoms with Crippen molar-refractivity contribution in [2.45, 2.75) is 13.0 Å². The minimum atomic E-state index is 0.853. The smallest absolute Gasteiger partial charge is 0.148 e. The number of anilines is 1. The first-order chi connectivity index (χ1) is 10.4. The molecule has 0 unspecified atom stereocenters. The number of nitrogens with zero attached hydrogens (tertiary/aromatic N) is 4. The van der Waals surface area contributed by atoms with E-state index in [-0.39, 0.29) is 0 Å². The summed E-state index contributed by atoms with van der Waals surface area (Å²) in [4.78, 5) is 17.0. The Morgan fingerprint density at radius 1 is 1.14 bits per heavy atom. The van der Waals surface area contributed by atoms with Crippen LogP contribution in [0.5, 0.6) is 0 Å². The average Bonchev–Trinajstić information content (AvgIpc) is 3.09. The summed E-state index contributed by atoms with van der Waals surface area (Å²) in [6.45, 7) is 1.79. The molecule has 0 atom stereocenters. The summed E-state index contributed by atoms with van der Waals surface area (Å²) >= 11 is 1.69. The van der Waals surface area contributed by atoms with Crippen molar-refractivity contribution in [1.82, 2.24) is 15.0 Å². The third-order valence-corrected chi connectivity index (χ3v) is 4.58. The van der Waals surface area contributed by atoms with Gasteiger partial charge in [-0.15, -0.1) is 11.3 Å². The monoisotopic (exact) mass is 294 g/mol. The molecule has 4 rings (SSSR count). The summed E-state index contributed by atoms with van der Waals surface area (Å²) in [7, 11) is 0. The molecule has 4 heterocycles. The van der Waals surface area contributed by atoms with Crippen molar-refractivity contribution < 1.29 is 0 Å². The van der Waals surface area contributed by atoms with Crippen LogP contribution in [0, 0.1) is 0 Å². The summed E-state index contributed by atoms with van der Waals surface area (Å²) in [5, 5.41) is 2.06. The van der Waals surface area contributed by atoms with Crippen LogP contribution in [0.1, 0.15) is 11.3 Å². The molecule has 4 nitrogen and oxygen atoms in total. The molecule has 0 saturated heterocycles. The Morgan fingerprint density at radius 2 is 2.14 bits per heavy atom. The molecule has 0 bridgehead atoms. The van der Waals surface area contributed by atoms with E-state index in [0.717, 1.165) is 35.9 Å². The Bertz CT molecular complexity index is 754. The molecule has 3 aromatic heterocycles. The number of hydrogen-bond acceptors (Lipinski definition) is 5. The maximum atomic E-state index is 4.77. The van der Waals surface area contributed by atoms with Crippen molar-refractivity contribution >= 4 is 17.2 Å². The maximum Gasteiger partial charge on any atom is 0.148 e. The first-order valence-electron chi connectivity index (χ1n) is 6.94. The molecule has 0 aliphatic carbocycles. The highest BCUT2D eigenvalue weighted by Gasteiger charge is 2.18. The average molecular weight is 294 g/mol. The van der Waals surface area contributed by atoms with Gasteiger partial charge in [-0.05, 0) is 23.1 Å². The largest absolute Gasteiger partial charge is 0.351 e. The van der Waals surface area contributed by atoms with E-state index in [0.29, 0.717) is 0 Å². The third kappa shape index (κ3) is 2.40. The zero-order valence-electron chi connectivity index (χ0n) is 11.4. The third-order valence-electron chi connectivity index (χ3n) is 3.68. The van der Waals surface area contributed by atoms with Crippen LogP contribution in [0.4, 0.5) is 5.82 Å². The zero-order chi connectivity index (χ0) is 14.1. The second-order valence-electron chi connectivity index (χ2n) is 5.02. The van der Waals surface area contributed by atoms with Crippen LogP contribution in [0.3, 0.4) is 0 Å². The molecule has 5 heteroatoms. The van der Waals surface area contributed by atoms with Crippen LogP contribution in [0.2, 0.25) is 0 Å². The molecule has 0 radical (unpaired) electrons. The van der Waals surface area contributed by atoms with Gasteiger partial charge in [0.25, 0.3) is 0 Å². The molecular weight excluding hydrogens is 280 g/mol. The van der Waals surface area contributed by atoms with E-state index in [2.05, 4.69) is 32.4 Å². The molecule has 1 aliphatic rings. The lowest BCUT2D eigenvalue weighted by atomic mass is 10.1. The molecule has 0 saturated carbocycles. The summed E-state index contributed by atoms with van der Waals surface area (Å²) in [6, 6.07) is 8.26. The van der Waals surface area contributed by atoms with Gasteiger partial charge in [-0.1, -0.05) is 12.1 Å². The Balaban J connectivity index is 1.65. The molecule has 3 aromatic rings. The number of rotatable bonds is 2. The molecule has 1 aliphatic heterocycles. The van der Waals surface area contributed by atoms with E-state index in [1.807, 2.05) is 30.7 Å². The van der Waals surface area contributed by atoms with Crippen LogP contribution in [-0.4, -0.2) is 21.5 Å². The summed E-state index contributed by atoms with van der Waals surface area (Å²) in [5.41, 5.74) is 3.43. The van der Waals surface area contributed by atoms with Crippen LogP contribution in [0.15, 0.2) is 48.2 Å². The molecule has 0 aromatic carbocycles. The van der Waals surface area contributed by atoms with Gasteiger partial charge in [-0.25, -0.2) is 4.98 Å². The number of hydrogen-bond donors (Lipinski definition) is 0. The first-order valence-corrected chi connectivity index (χ1v) is 7.82. The maximum absolute atomic E-state index is 4.77. The van der Waals surface area contributed by atoms with E-state index in [1.54, 1.807) is 11.3 Å². The second-order valence-corrected chi connectivity index (χ2v) is 5.97. The van der Waals surface area contributed by atoms with Crippen LogP contribution in [-0.2, 0) is 13.0 Å².